The fourth-order valence-corrected chi connectivity index (χ4v) is 1.87. The first-order valence-corrected chi connectivity index (χ1v) is 6.05. The Morgan fingerprint density at radius 1 is 1.29 bits per heavy atom. The van der Waals surface area contributed by atoms with Gasteiger partial charge in [0, 0.05) is 31.1 Å². The number of likely N-dealkylation sites (N-methyl/N-ethyl adjacent to an activating group) is 1. The molecule has 0 bridgehead atoms. The maximum absolute atomic E-state index is 11.5. The van der Waals surface area contributed by atoms with Crippen molar-refractivity contribution < 1.29 is 4.79 Å². The van der Waals surface area contributed by atoms with Crippen LogP contribution in [0.25, 0.3) is 0 Å². The molecule has 0 saturated carbocycles. The van der Waals surface area contributed by atoms with E-state index in [2.05, 4.69) is 12.2 Å². The van der Waals surface area contributed by atoms with E-state index in [1.54, 1.807) is 19.0 Å². The van der Waals surface area contributed by atoms with E-state index in [9.17, 15) is 4.79 Å². The number of nitrogens with zero attached hydrogens (tertiary/aromatic N) is 1. The third-order valence-corrected chi connectivity index (χ3v) is 3.52. The highest BCUT2D eigenvalue weighted by Crippen LogP contribution is 2.23. The van der Waals surface area contributed by atoms with Crippen molar-refractivity contribution in [3.63, 3.8) is 0 Å². The summed E-state index contributed by atoms with van der Waals surface area (Å²) < 4.78 is 0. The monoisotopic (exact) mass is 254 g/mol. The summed E-state index contributed by atoms with van der Waals surface area (Å²) in [7, 11) is 3.44. The summed E-state index contributed by atoms with van der Waals surface area (Å²) in [5.74, 6) is 0.259. The van der Waals surface area contributed by atoms with Gasteiger partial charge in [0.2, 0.25) is 0 Å². The van der Waals surface area contributed by atoms with E-state index in [0.29, 0.717) is 0 Å². The molecule has 0 aliphatic heterocycles. The van der Waals surface area contributed by atoms with E-state index >= 15 is 0 Å². The van der Waals surface area contributed by atoms with Crippen LogP contribution < -0.4 is 5.32 Å². The highest BCUT2D eigenvalue weighted by Gasteiger charge is 2.21. The molecule has 4 heteroatoms. The van der Waals surface area contributed by atoms with E-state index in [-0.39, 0.29) is 18.0 Å². The molecule has 0 saturated heterocycles. The van der Waals surface area contributed by atoms with E-state index in [1.165, 1.54) is 5.56 Å². The van der Waals surface area contributed by atoms with Gasteiger partial charge >= 0.3 is 6.03 Å². The topological polar surface area (TPSA) is 32.3 Å². The number of carbonyl (C=O) groups is 1. The minimum absolute atomic E-state index is 0.0710. The largest absolute Gasteiger partial charge is 0.341 e. The van der Waals surface area contributed by atoms with Gasteiger partial charge in [-0.2, -0.15) is 0 Å². The molecular weight excluding hydrogens is 236 g/mol. The van der Waals surface area contributed by atoms with Crippen molar-refractivity contribution >= 4 is 17.6 Å². The average Bonchev–Trinajstić information content (AvgIpc) is 2.36. The fourth-order valence-electron chi connectivity index (χ4n) is 1.74. The number of nitrogens with one attached hydrogen (secondary N) is 1. The minimum Gasteiger partial charge on any atom is -0.341 e. The Balaban J connectivity index is 2.78. The molecule has 1 aromatic carbocycles. The van der Waals surface area contributed by atoms with Crippen LogP contribution in [-0.4, -0.2) is 31.1 Å². The fraction of sp³-hybridized carbons (Fsp3) is 0.462. The van der Waals surface area contributed by atoms with Crippen LogP contribution in [0.4, 0.5) is 4.79 Å². The summed E-state index contributed by atoms with van der Waals surface area (Å²) >= 11 is 5.86. The van der Waals surface area contributed by atoms with E-state index in [4.69, 9.17) is 11.6 Å². The molecule has 2 atom stereocenters. The van der Waals surface area contributed by atoms with Gasteiger partial charge in [-0.25, -0.2) is 4.79 Å². The number of rotatable bonds is 3. The zero-order valence-corrected chi connectivity index (χ0v) is 11.5. The van der Waals surface area contributed by atoms with Crippen molar-refractivity contribution in [2.45, 2.75) is 25.8 Å². The maximum atomic E-state index is 11.5. The Kier molecular flexibility index (Phi) is 4.82. The van der Waals surface area contributed by atoms with Gasteiger partial charge < -0.3 is 10.2 Å². The lowest BCUT2D eigenvalue weighted by Gasteiger charge is -2.29. The number of urea groups is 1. The second-order valence-electron chi connectivity index (χ2n) is 4.25. The molecule has 17 heavy (non-hydrogen) atoms. The Hall–Kier alpha value is -1.22. The molecule has 0 aliphatic carbocycles. The second kappa shape index (κ2) is 5.92. The summed E-state index contributed by atoms with van der Waals surface area (Å²) in [4.78, 5) is 13.2. The number of carbonyl (C=O) groups excluding carboxylic acids is 1. The zero-order valence-electron chi connectivity index (χ0n) is 10.7. The summed E-state index contributed by atoms with van der Waals surface area (Å²) in [5.41, 5.74) is 1.18. The van der Waals surface area contributed by atoms with E-state index < -0.39 is 0 Å². The van der Waals surface area contributed by atoms with Crippen molar-refractivity contribution in [1.82, 2.24) is 10.2 Å². The summed E-state index contributed by atoms with van der Waals surface area (Å²) in [6, 6.07) is 7.80. The molecule has 1 N–H and O–H groups in total. The zero-order chi connectivity index (χ0) is 13.0. The van der Waals surface area contributed by atoms with Crippen LogP contribution in [0, 0.1) is 0 Å². The number of hydrogen-bond donors (Lipinski definition) is 1. The third kappa shape index (κ3) is 3.37. The first-order chi connectivity index (χ1) is 7.97. The quantitative estimate of drug-likeness (QED) is 0.883. The molecule has 1 aromatic rings. The Morgan fingerprint density at radius 2 is 1.82 bits per heavy atom. The SMILES string of the molecule is CNC(=O)N(C)[C@@H](C)[C@H](C)c1ccc(Cl)cc1. The van der Waals surface area contributed by atoms with Crippen molar-refractivity contribution in [3.8, 4) is 0 Å². The number of hydrogen-bond acceptors (Lipinski definition) is 1. The van der Waals surface area contributed by atoms with Crippen LogP contribution >= 0.6 is 11.6 Å². The molecule has 1 rings (SSSR count). The van der Waals surface area contributed by atoms with Gasteiger partial charge in [0.25, 0.3) is 0 Å². The van der Waals surface area contributed by atoms with Crippen LogP contribution in [0.2, 0.25) is 5.02 Å². The molecule has 0 heterocycles. The molecule has 0 aromatic heterocycles. The minimum atomic E-state index is -0.0710. The standard InChI is InChI=1S/C13H19ClN2O/c1-9(10(2)16(4)13(17)15-3)11-5-7-12(14)8-6-11/h5-10H,1-4H3,(H,15,17)/t9-,10-/m0/s1. The van der Waals surface area contributed by atoms with Gasteiger partial charge in [0.1, 0.15) is 0 Å². The van der Waals surface area contributed by atoms with Crippen LogP contribution in [0.5, 0.6) is 0 Å². The summed E-state index contributed by atoms with van der Waals surface area (Å²) in [6.45, 7) is 4.14. The van der Waals surface area contributed by atoms with Crippen molar-refractivity contribution in [1.29, 1.82) is 0 Å². The van der Waals surface area contributed by atoms with Gasteiger partial charge in [-0.15, -0.1) is 0 Å². The van der Waals surface area contributed by atoms with Crippen LogP contribution in [0.1, 0.15) is 25.3 Å². The highest BCUT2D eigenvalue weighted by atomic mass is 35.5. The van der Waals surface area contributed by atoms with E-state index in [1.807, 2.05) is 31.2 Å². The number of benzene rings is 1. The maximum Gasteiger partial charge on any atom is 0.317 e. The van der Waals surface area contributed by atoms with Crippen molar-refractivity contribution in [3.05, 3.63) is 34.9 Å². The van der Waals surface area contributed by atoms with Gasteiger partial charge in [0.15, 0.2) is 0 Å². The Labute approximate surface area is 108 Å². The van der Waals surface area contributed by atoms with Crippen LogP contribution in [-0.2, 0) is 0 Å². The second-order valence-corrected chi connectivity index (χ2v) is 4.68. The molecule has 94 valence electrons. The first kappa shape index (κ1) is 13.8. The molecule has 3 nitrogen and oxygen atoms in total. The molecule has 0 aliphatic rings. The molecule has 2 amide bonds. The van der Waals surface area contributed by atoms with Crippen LogP contribution in [0.3, 0.4) is 0 Å². The highest BCUT2D eigenvalue weighted by molar-refractivity contribution is 6.30. The lowest BCUT2D eigenvalue weighted by atomic mass is 9.94. The number of amides is 2. The van der Waals surface area contributed by atoms with Gasteiger partial charge in [-0.3, -0.25) is 0 Å². The molecule has 0 radical (unpaired) electrons. The normalized spacial score (nSPS) is 13.9. The lowest BCUT2D eigenvalue weighted by Crippen LogP contribution is -2.43. The third-order valence-electron chi connectivity index (χ3n) is 3.26. The predicted octanol–water partition coefficient (Wildman–Crippen LogP) is 3.10. The lowest BCUT2D eigenvalue weighted by molar-refractivity contribution is 0.189. The van der Waals surface area contributed by atoms with Crippen LogP contribution in [0.15, 0.2) is 24.3 Å². The van der Waals surface area contributed by atoms with Gasteiger partial charge in [0.05, 0.1) is 0 Å². The van der Waals surface area contributed by atoms with Crippen molar-refractivity contribution in [2.75, 3.05) is 14.1 Å². The molecular formula is C13H19ClN2O. The predicted molar refractivity (Wildman–Crippen MR) is 71.5 cm³/mol. The molecule has 0 unspecified atom stereocenters. The van der Waals surface area contributed by atoms with Gasteiger partial charge in [-0.05, 0) is 24.6 Å². The summed E-state index contributed by atoms with van der Waals surface area (Å²) in [5, 5.41) is 3.36. The smallest absolute Gasteiger partial charge is 0.317 e. The Bertz CT molecular complexity index is 378. The van der Waals surface area contributed by atoms with Gasteiger partial charge in [-0.1, -0.05) is 30.7 Å². The van der Waals surface area contributed by atoms with Crippen molar-refractivity contribution in [2.24, 2.45) is 0 Å². The average molecular weight is 255 g/mol. The first-order valence-electron chi connectivity index (χ1n) is 5.67. The number of halogens is 1. The molecule has 0 fully saturated rings. The molecule has 0 spiro atoms. The summed E-state index contributed by atoms with van der Waals surface area (Å²) in [6.07, 6.45) is 0. The van der Waals surface area contributed by atoms with E-state index in [0.717, 1.165) is 5.02 Å². The Morgan fingerprint density at radius 3 is 2.29 bits per heavy atom.